The summed E-state index contributed by atoms with van der Waals surface area (Å²) in [5, 5.41) is 0. The lowest BCUT2D eigenvalue weighted by Crippen LogP contribution is -2.36. The highest BCUT2D eigenvalue weighted by Crippen LogP contribution is 2.14. The molecule has 1 heterocycles. The van der Waals surface area contributed by atoms with E-state index < -0.39 is 0 Å². The van der Waals surface area contributed by atoms with Crippen LogP contribution in [-0.4, -0.2) is 36.7 Å². The topological polar surface area (TPSA) is 15.8 Å². The number of hydrogen-bond acceptors (Lipinski definition) is 2. The van der Waals surface area contributed by atoms with Gasteiger partial charge in [-0.1, -0.05) is 20.3 Å². The fraction of sp³-hybridized carbons (Fsp3) is 1.00. The Kier molecular flexibility index (Phi) is 4.74. The minimum Gasteiger partial charge on any atom is -0.372 e. The van der Waals surface area contributed by atoms with Crippen LogP contribution in [0.2, 0.25) is 0 Å². The average Bonchev–Trinajstić information content (AvgIpc) is 2.94. The van der Waals surface area contributed by atoms with E-state index in [2.05, 4.69) is 25.7 Å². The number of rotatable bonds is 7. The highest BCUT2D eigenvalue weighted by atomic mass is 16.6. The first kappa shape index (κ1) is 11.0. The van der Waals surface area contributed by atoms with E-state index in [4.69, 9.17) is 4.74 Å². The summed E-state index contributed by atoms with van der Waals surface area (Å²) < 4.78 is 5.27. The normalized spacial score (nSPS) is 23.5. The van der Waals surface area contributed by atoms with E-state index in [1.807, 2.05) is 0 Å². The number of ether oxygens (including phenoxy) is 1. The molecule has 1 aliphatic heterocycles. The SMILES string of the molecule is CCCCN(CC1CO1)C(C)CC. The predicted molar refractivity (Wildman–Crippen MR) is 56.0 cm³/mol. The number of unbranched alkanes of at least 4 members (excludes halogenated alkanes) is 1. The molecule has 0 N–H and O–H groups in total. The summed E-state index contributed by atoms with van der Waals surface area (Å²) in [4.78, 5) is 2.57. The molecular formula is C11H23NO. The van der Waals surface area contributed by atoms with E-state index in [9.17, 15) is 0 Å². The minimum absolute atomic E-state index is 0.547. The van der Waals surface area contributed by atoms with Crippen molar-refractivity contribution in [3.8, 4) is 0 Å². The zero-order chi connectivity index (χ0) is 9.68. The maximum Gasteiger partial charge on any atom is 0.0936 e. The zero-order valence-corrected chi connectivity index (χ0v) is 9.25. The second kappa shape index (κ2) is 5.61. The molecule has 0 aliphatic carbocycles. The van der Waals surface area contributed by atoms with Gasteiger partial charge in [-0.05, 0) is 26.3 Å². The van der Waals surface area contributed by atoms with Gasteiger partial charge in [0.15, 0.2) is 0 Å². The quantitative estimate of drug-likeness (QED) is 0.566. The molecule has 2 atom stereocenters. The van der Waals surface area contributed by atoms with Crippen LogP contribution in [0.3, 0.4) is 0 Å². The van der Waals surface area contributed by atoms with Crippen molar-refractivity contribution in [1.29, 1.82) is 0 Å². The van der Waals surface area contributed by atoms with E-state index in [-0.39, 0.29) is 0 Å². The summed E-state index contributed by atoms with van der Waals surface area (Å²) in [6, 6.07) is 0.718. The predicted octanol–water partition coefficient (Wildman–Crippen LogP) is 2.29. The van der Waals surface area contributed by atoms with Crippen LogP contribution in [0.1, 0.15) is 40.0 Å². The van der Waals surface area contributed by atoms with Crippen molar-refractivity contribution < 1.29 is 4.74 Å². The van der Waals surface area contributed by atoms with Crippen molar-refractivity contribution in [2.24, 2.45) is 0 Å². The summed E-state index contributed by atoms with van der Waals surface area (Å²) >= 11 is 0. The molecule has 1 aliphatic rings. The maximum absolute atomic E-state index is 5.27. The van der Waals surface area contributed by atoms with Crippen molar-refractivity contribution in [2.45, 2.75) is 52.2 Å². The maximum atomic E-state index is 5.27. The first-order valence-corrected chi connectivity index (χ1v) is 5.63. The molecular weight excluding hydrogens is 162 g/mol. The molecule has 0 radical (unpaired) electrons. The molecule has 2 unspecified atom stereocenters. The van der Waals surface area contributed by atoms with Gasteiger partial charge < -0.3 is 4.74 Å². The number of epoxide rings is 1. The standard InChI is InChI=1S/C11H23NO/c1-4-6-7-12(10(3)5-2)8-11-9-13-11/h10-11H,4-9H2,1-3H3. The smallest absolute Gasteiger partial charge is 0.0936 e. The summed E-state index contributed by atoms with van der Waals surface area (Å²) in [6.07, 6.45) is 4.40. The van der Waals surface area contributed by atoms with E-state index in [0.29, 0.717) is 6.10 Å². The monoisotopic (exact) mass is 185 g/mol. The minimum atomic E-state index is 0.547. The Morgan fingerprint density at radius 3 is 2.62 bits per heavy atom. The Bertz CT molecular complexity index is 134. The van der Waals surface area contributed by atoms with Crippen LogP contribution in [0.4, 0.5) is 0 Å². The third-order valence-electron chi connectivity index (χ3n) is 2.85. The summed E-state index contributed by atoms with van der Waals surface area (Å²) in [5.41, 5.74) is 0. The van der Waals surface area contributed by atoms with Gasteiger partial charge in [0, 0.05) is 12.6 Å². The van der Waals surface area contributed by atoms with Gasteiger partial charge in [-0.3, -0.25) is 4.90 Å². The molecule has 1 fully saturated rings. The van der Waals surface area contributed by atoms with Crippen LogP contribution in [0, 0.1) is 0 Å². The molecule has 0 amide bonds. The van der Waals surface area contributed by atoms with Gasteiger partial charge in [-0.15, -0.1) is 0 Å². The van der Waals surface area contributed by atoms with Crippen LogP contribution in [0.15, 0.2) is 0 Å². The molecule has 78 valence electrons. The van der Waals surface area contributed by atoms with Gasteiger partial charge in [-0.25, -0.2) is 0 Å². The lowest BCUT2D eigenvalue weighted by atomic mass is 10.2. The van der Waals surface area contributed by atoms with Gasteiger partial charge in [0.05, 0.1) is 12.7 Å². The zero-order valence-electron chi connectivity index (χ0n) is 9.25. The number of hydrogen-bond donors (Lipinski definition) is 0. The highest BCUT2D eigenvalue weighted by molar-refractivity contribution is 4.77. The van der Waals surface area contributed by atoms with Crippen LogP contribution < -0.4 is 0 Å². The fourth-order valence-electron chi connectivity index (χ4n) is 1.55. The van der Waals surface area contributed by atoms with Gasteiger partial charge >= 0.3 is 0 Å². The van der Waals surface area contributed by atoms with E-state index in [1.165, 1.54) is 25.8 Å². The largest absolute Gasteiger partial charge is 0.372 e. The van der Waals surface area contributed by atoms with Gasteiger partial charge in [0.2, 0.25) is 0 Å². The highest BCUT2D eigenvalue weighted by Gasteiger charge is 2.26. The fourth-order valence-corrected chi connectivity index (χ4v) is 1.55. The molecule has 0 aromatic rings. The molecule has 0 bridgehead atoms. The molecule has 0 aromatic heterocycles. The molecule has 0 saturated carbocycles. The lowest BCUT2D eigenvalue weighted by Gasteiger charge is -2.27. The summed E-state index contributed by atoms with van der Waals surface area (Å²) in [5.74, 6) is 0. The summed E-state index contributed by atoms with van der Waals surface area (Å²) in [7, 11) is 0. The Labute approximate surface area is 82.3 Å². The van der Waals surface area contributed by atoms with E-state index >= 15 is 0 Å². The first-order valence-electron chi connectivity index (χ1n) is 5.63. The van der Waals surface area contributed by atoms with Crippen LogP contribution >= 0.6 is 0 Å². The third kappa shape index (κ3) is 4.10. The van der Waals surface area contributed by atoms with Gasteiger partial charge in [0.1, 0.15) is 0 Å². The van der Waals surface area contributed by atoms with Gasteiger partial charge in [-0.2, -0.15) is 0 Å². The molecule has 13 heavy (non-hydrogen) atoms. The summed E-state index contributed by atoms with van der Waals surface area (Å²) in [6.45, 7) is 10.2. The van der Waals surface area contributed by atoms with Crippen molar-refractivity contribution in [1.82, 2.24) is 4.90 Å². The van der Waals surface area contributed by atoms with E-state index in [1.54, 1.807) is 0 Å². The molecule has 1 saturated heterocycles. The molecule has 2 nitrogen and oxygen atoms in total. The van der Waals surface area contributed by atoms with Crippen molar-refractivity contribution in [3.05, 3.63) is 0 Å². The third-order valence-corrected chi connectivity index (χ3v) is 2.85. The second-order valence-corrected chi connectivity index (χ2v) is 4.06. The molecule has 2 heteroatoms. The Morgan fingerprint density at radius 2 is 2.15 bits per heavy atom. The van der Waals surface area contributed by atoms with Crippen LogP contribution in [0.25, 0.3) is 0 Å². The lowest BCUT2D eigenvalue weighted by molar-refractivity contribution is 0.182. The van der Waals surface area contributed by atoms with Crippen LogP contribution in [-0.2, 0) is 4.74 Å². The van der Waals surface area contributed by atoms with Crippen molar-refractivity contribution in [2.75, 3.05) is 19.7 Å². The molecule has 0 aromatic carbocycles. The van der Waals surface area contributed by atoms with Crippen molar-refractivity contribution >= 4 is 0 Å². The van der Waals surface area contributed by atoms with Crippen molar-refractivity contribution in [3.63, 3.8) is 0 Å². The second-order valence-electron chi connectivity index (χ2n) is 4.06. The molecule has 0 spiro atoms. The Morgan fingerprint density at radius 1 is 1.46 bits per heavy atom. The average molecular weight is 185 g/mol. The van der Waals surface area contributed by atoms with Crippen LogP contribution in [0.5, 0.6) is 0 Å². The van der Waals surface area contributed by atoms with Gasteiger partial charge in [0.25, 0.3) is 0 Å². The Balaban J connectivity index is 2.23. The number of nitrogens with zero attached hydrogens (tertiary/aromatic N) is 1. The molecule has 1 rings (SSSR count). The van der Waals surface area contributed by atoms with E-state index in [0.717, 1.165) is 19.2 Å². The Hall–Kier alpha value is -0.0800. The first-order chi connectivity index (χ1) is 6.27.